The molecule has 0 aromatic carbocycles. The highest BCUT2D eigenvalue weighted by atomic mass is 19.1. The fourth-order valence-electron chi connectivity index (χ4n) is 1.46. The van der Waals surface area contributed by atoms with Crippen molar-refractivity contribution in [1.82, 2.24) is 14.8 Å². The van der Waals surface area contributed by atoms with Crippen LogP contribution in [0.4, 0.5) is 10.2 Å². The Morgan fingerprint density at radius 3 is 2.88 bits per heavy atom. The average molecular weight is 220 g/mol. The number of halogens is 1. The molecular formula is C11H13FN4. The van der Waals surface area contributed by atoms with E-state index in [9.17, 15) is 4.39 Å². The largest absolute Gasteiger partial charge is 0.363 e. The van der Waals surface area contributed by atoms with E-state index >= 15 is 0 Å². The van der Waals surface area contributed by atoms with Gasteiger partial charge in [-0.3, -0.25) is 4.68 Å². The van der Waals surface area contributed by atoms with Gasteiger partial charge < -0.3 is 5.32 Å². The molecule has 0 aliphatic carbocycles. The van der Waals surface area contributed by atoms with Gasteiger partial charge in [0.15, 0.2) is 0 Å². The first-order valence-electron chi connectivity index (χ1n) is 5.03. The number of pyridine rings is 1. The van der Waals surface area contributed by atoms with Gasteiger partial charge >= 0.3 is 0 Å². The lowest BCUT2D eigenvalue weighted by atomic mass is 10.2. The molecule has 1 unspecified atom stereocenters. The molecule has 0 fully saturated rings. The first-order valence-corrected chi connectivity index (χ1v) is 5.03. The van der Waals surface area contributed by atoms with Crippen molar-refractivity contribution >= 4 is 5.82 Å². The van der Waals surface area contributed by atoms with E-state index in [0.717, 1.165) is 5.56 Å². The number of nitrogens with one attached hydrogen (secondary N) is 1. The van der Waals surface area contributed by atoms with Crippen LogP contribution >= 0.6 is 0 Å². The summed E-state index contributed by atoms with van der Waals surface area (Å²) in [5.74, 6) is 0.0414. The molecule has 4 nitrogen and oxygen atoms in total. The van der Waals surface area contributed by atoms with E-state index in [-0.39, 0.29) is 6.04 Å². The average Bonchev–Trinajstić information content (AvgIpc) is 2.65. The summed E-state index contributed by atoms with van der Waals surface area (Å²) in [6.45, 7) is 1.98. The Balaban J connectivity index is 2.10. The SMILES string of the molecule is CC(Nc1cccc(F)n1)c1cnn(C)c1. The highest BCUT2D eigenvalue weighted by Gasteiger charge is 2.07. The van der Waals surface area contributed by atoms with Gasteiger partial charge in [-0.05, 0) is 19.1 Å². The number of hydrogen-bond donors (Lipinski definition) is 1. The van der Waals surface area contributed by atoms with Crippen LogP contribution in [0.15, 0.2) is 30.6 Å². The summed E-state index contributed by atoms with van der Waals surface area (Å²) in [4.78, 5) is 3.74. The minimum Gasteiger partial charge on any atom is -0.363 e. The van der Waals surface area contributed by atoms with Gasteiger partial charge in [0.2, 0.25) is 5.95 Å². The van der Waals surface area contributed by atoms with Gasteiger partial charge in [-0.15, -0.1) is 0 Å². The Morgan fingerprint density at radius 1 is 1.44 bits per heavy atom. The predicted molar refractivity (Wildman–Crippen MR) is 59.4 cm³/mol. The Kier molecular flexibility index (Phi) is 2.85. The third-order valence-corrected chi connectivity index (χ3v) is 2.30. The standard InChI is InChI=1S/C11H13FN4/c1-8(9-6-13-16(2)7-9)14-11-5-3-4-10(12)15-11/h3-8H,1-2H3,(H,14,15). The third kappa shape index (κ3) is 2.36. The summed E-state index contributed by atoms with van der Waals surface area (Å²) in [6.07, 6.45) is 3.69. The second kappa shape index (κ2) is 4.30. The number of aromatic nitrogens is 3. The van der Waals surface area contributed by atoms with E-state index < -0.39 is 5.95 Å². The van der Waals surface area contributed by atoms with Crippen molar-refractivity contribution in [3.8, 4) is 0 Å². The number of nitrogens with zero attached hydrogens (tertiary/aromatic N) is 3. The molecule has 0 bridgehead atoms. The number of aryl methyl sites for hydroxylation is 1. The van der Waals surface area contributed by atoms with E-state index in [2.05, 4.69) is 15.4 Å². The second-order valence-corrected chi connectivity index (χ2v) is 3.66. The van der Waals surface area contributed by atoms with Crippen LogP contribution < -0.4 is 5.32 Å². The maximum absolute atomic E-state index is 12.9. The summed E-state index contributed by atoms with van der Waals surface area (Å²) in [7, 11) is 1.86. The van der Waals surface area contributed by atoms with Gasteiger partial charge in [-0.2, -0.15) is 9.49 Å². The second-order valence-electron chi connectivity index (χ2n) is 3.66. The predicted octanol–water partition coefficient (Wildman–Crippen LogP) is 2.13. The summed E-state index contributed by atoms with van der Waals surface area (Å²) in [5.41, 5.74) is 1.04. The molecule has 1 N–H and O–H groups in total. The fraction of sp³-hybridized carbons (Fsp3) is 0.273. The first kappa shape index (κ1) is 10.6. The quantitative estimate of drug-likeness (QED) is 0.806. The van der Waals surface area contributed by atoms with Crippen molar-refractivity contribution in [2.24, 2.45) is 7.05 Å². The lowest BCUT2D eigenvalue weighted by molar-refractivity contribution is 0.584. The molecule has 0 amide bonds. The monoisotopic (exact) mass is 220 g/mol. The van der Waals surface area contributed by atoms with E-state index in [1.165, 1.54) is 6.07 Å². The van der Waals surface area contributed by atoms with Crippen LogP contribution in [0.1, 0.15) is 18.5 Å². The Morgan fingerprint density at radius 2 is 2.25 bits per heavy atom. The molecule has 0 radical (unpaired) electrons. The molecule has 0 saturated carbocycles. The molecule has 2 aromatic rings. The van der Waals surface area contributed by atoms with Crippen molar-refractivity contribution in [2.45, 2.75) is 13.0 Å². The Labute approximate surface area is 93.1 Å². The lowest BCUT2D eigenvalue weighted by Gasteiger charge is -2.12. The van der Waals surface area contributed by atoms with Gasteiger partial charge in [0.05, 0.1) is 12.2 Å². The van der Waals surface area contributed by atoms with Crippen LogP contribution in [0.2, 0.25) is 0 Å². The van der Waals surface area contributed by atoms with Crippen molar-refractivity contribution in [3.63, 3.8) is 0 Å². The van der Waals surface area contributed by atoms with Crippen LogP contribution in [0, 0.1) is 5.95 Å². The van der Waals surface area contributed by atoms with Crippen molar-refractivity contribution in [1.29, 1.82) is 0 Å². The first-order chi connectivity index (χ1) is 7.65. The number of hydrogen-bond acceptors (Lipinski definition) is 3. The van der Waals surface area contributed by atoms with Gasteiger partial charge in [0.25, 0.3) is 0 Å². The van der Waals surface area contributed by atoms with Crippen LogP contribution in [-0.2, 0) is 7.05 Å². The maximum Gasteiger partial charge on any atom is 0.214 e. The normalized spacial score (nSPS) is 12.4. The molecule has 16 heavy (non-hydrogen) atoms. The maximum atomic E-state index is 12.9. The fourth-order valence-corrected chi connectivity index (χ4v) is 1.46. The molecule has 0 aliphatic rings. The van der Waals surface area contributed by atoms with Crippen LogP contribution in [0.3, 0.4) is 0 Å². The summed E-state index contributed by atoms with van der Waals surface area (Å²) < 4.78 is 14.6. The molecule has 0 aliphatic heterocycles. The molecule has 5 heteroatoms. The van der Waals surface area contributed by atoms with Crippen LogP contribution in [0.5, 0.6) is 0 Å². The molecule has 2 heterocycles. The van der Waals surface area contributed by atoms with Crippen LogP contribution in [-0.4, -0.2) is 14.8 Å². The lowest BCUT2D eigenvalue weighted by Crippen LogP contribution is -2.07. The van der Waals surface area contributed by atoms with E-state index in [1.54, 1.807) is 23.0 Å². The van der Waals surface area contributed by atoms with Crippen molar-refractivity contribution in [3.05, 3.63) is 42.1 Å². The molecule has 0 spiro atoms. The third-order valence-electron chi connectivity index (χ3n) is 2.30. The summed E-state index contributed by atoms with van der Waals surface area (Å²) in [5, 5.41) is 7.19. The zero-order valence-electron chi connectivity index (χ0n) is 9.18. The summed E-state index contributed by atoms with van der Waals surface area (Å²) >= 11 is 0. The minimum atomic E-state index is -0.483. The van der Waals surface area contributed by atoms with E-state index in [4.69, 9.17) is 0 Å². The minimum absolute atomic E-state index is 0.0444. The van der Waals surface area contributed by atoms with E-state index in [0.29, 0.717) is 5.82 Å². The van der Waals surface area contributed by atoms with Gasteiger partial charge in [-0.25, -0.2) is 4.98 Å². The Bertz CT molecular complexity index is 480. The van der Waals surface area contributed by atoms with Gasteiger partial charge in [0, 0.05) is 18.8 Å². The number of rotatable bonds is 3. The molecule has 84 valence electrons. The van der Waals surface area contributed by atoms with E-state index in [1.807, 2.05) is 20.2 Å². The highest BCUT2D eigenvalue weighted by Crippen LogP contribution is 2.16. The number of anilines is 1. The zero-order valence-corrected chi connectivity index (χ0v) is 9.18. The smallest absolute Gasteiger partial charge is 0.214 e. The molecule has 2 aromatic heterocycles. The molecule has 2 rings (SSSR count). The molecule has 0 saturated heterocycles. The Hall–Kier alpha value is -1.91. The molecule has 1 atom stereocenters. The molecular weight excluding hydrogens is 207 g/mol. The van der Waals surface area contributed by atoms with Gasteiger partial charge in [-0.1, -0.05) is 6.07 Å². The van der Waals surface area contributed by atoms with Crippen molar-refractivity contribution in [2.75, 3.05) is 5.32 Å². The topological polar surface area (TPSA) is 42.7 Å². The van der Waals surface area contributed by atoms with Crippen LogP contribution in [0.25, 0.3) is 0 Å². The highest BCUT2D eigenvalue weighted by molar-refractivity contribution is 5.36. The summed E-state index contributed by atoms with van der Waals surface area (Å²) in [6, 6.07) is 4.72. The van der Waals surface area contributed by atoms with Crippen molar-refractivity contribution < 1.29 is 4.39 Å². The zero-order chi connectivity index (χ0) is 11.5. The van der Waals surface area contributed by atoms with Gasteiger partial charge in [0.1, 0.15) is 5.82 Å².